The lowest BCUT2D eigenvalue weighted by molar-refractivity contribution is 0.598. The highest BCUT2D eigenvalue weighted by molar-refractivity contribution is 7.89. The summed E-state index contributed by atoms with van der Waals surface area (Å²) in [7, 11) is -3.70. The van der Waals surface area contributed by atoms with Gasteiger partial charge in [-0.1, -0.05) is 18.2 Å². The first-order chi connectivity index (χ1) is 12.4. The molecule has 8 heteroatoms. The first-order valence-electron chi connectivity index (χ1n) is 7.90. The number of nitrogens with zero attached hydrogens (tertiary/aromatic N) is 3. The molecule has 3 rings (SSSR count). The summed E-state index contributed by atoms with van der Waals surface area (Å²) < 4.78 is 24.4. The van der Waals surface area contributed by atoms with E-state index in [0.717, 1.165) is 22.6 Å². The second-order valence-electron chi connectivity index (χ2n) is 5.77. The molecule has 0 aliphatic carbocycles. The van der Waals surface area contributed by atoms with Crippen molar-refractivity contribution < 1.29 is 8.42 Å². The average molecular weight is 369 g/mol. The zero-order chi connectivity index (χ0) is 18.7. The number of nitrogens with two attached hydrogens (primary N) is 1. The van der Waals surface area contributed by atoms with Gasteiger partial charge < -0.3 is 0 Å². The minimum absolute atomic E-state index is 0.0582. The lowest BCUT2D eigenvalue weighted by Gasteiger charge is -2.04. The number of aromatic nitrogens is 2. The van der Waals surface area contributed by atoms with Gasteiger partial charge in [0.05, 0.1) is 33.9 Å². The Morgan fingerprint density at radius 1 is 1.08 bits per heavy atom. The molecule has 2 aromatic carbocycles. The highest BCUT2D eigenvalue weighted by Gasteiger charge is 2.11. The van der Waals surface area contributed by atoms with E-state index in [1.54, 1.807) is 18.3 Å². The van der Waals surface area contributed by atoms with Crippen LogP contribution in [-0.2, 0) is 10.0 Å². The number of benzene rings is 2. The molecule has 7 nitrogen and oxygen atoms in total. The molecule has 0 spiro atoms. The Bertz CT molecular complexity index is 1040. The smallest absolute Gasteiger partial charge is 0.238 e. The normalized spacial score (nSPS) is 11.8. The van der Waals surface area contributed by atoms with E-state index >= 15 is 0 Å². The Balaban J connectivity index is 1.78. The fraction of sp³-hybridized carbons (Fsp3) is 0.111. The molecule has 0 amide bonds. The van der Waals surface area contributed by atoms with Crippen LogP contribution in [0.25, 0.3) is 5.69 Å². The van der Waals surface area contributed by atoms with Crippen LogP contribution in [0.4, 0.5) is 5.69 Å². The fourth-order valence-corrected chi connectivity index (χ4v) is 3.07. The highest BCUT2D eigenvalue weighted by Crippen LogP contribution is 2.17. The maximum atomic E-state index is 11.3. The van der Waals surface area contributed by atoms with Crippen molar-refractivity contribution >= 4 is 21.9 Å². The molecule has 0 saturated heterocycles. The molecule has 0 aliphatic heterocycles. The third-order valence-electron chi connectivity index (χ3n) is 3.92. The maximum absolute atomic E-state index is 11.3. The topological polar surface area (TPSA) is 102 Å². The van der Waals surface area contributed by atoms with Crippen molar-refractivity contribution in [1.29, 1.82) is 0 Å². The monoisotopic (exact) mass is 369 g/mol. The third-order valence-corrected chi connectivity index (χ3v) is 4.85. The molecule has 1 aromatic heterocycles. The Morgan fingerprint density at radius 2 is 1.73 bits per heavy atom. The Kier molecular flexibility index (Phi) is 4.88. The number of sulfonamides is 1. The quantitative estimate of drug-likeness (QED) is 0.533. The first-order valence-corrected chi connectivity index (χ1v) is 9.44. The van der Waals surface area contributed by atoms with E-state index in [1.807, 2.05) is 48.9 Å². The van der Waals surface area contributed by atoms with Gasteiger partial charge in [0.2, 0.25) is 10.0 Å². The number of para-hydroxylation sites is 1. The van der Waals surface area contributed by atoms with E-state index in [-0.39, 0.29) is 4.90 Å². The number of hydrogen-bond donors (Lipinski definition) is 2. The van der Waals surface area contributed by atoms with Gasteiger partial charge in [0.15, 0.2) is 0 Å². The summed E-state index contributed by atoms with van der Waals surface area (Å²) in [6.07, 6.45) is 1.70. The zero-order valence-electron chi connectivity index (χ0n) is 14.4. The largest absolute Gasteiger partial charge is 0.279 e. The molecule has 0 unspecified atom stereocenters. The van der Waals surface area contributed by atoms with Crippen LogP contribution in [-0.4, -0.2) is 24.4 Å². The Labute approximate surface area is 152 Å². The average Bonchev–Trinajstić information content (AvgIpc) is 2.90. The molecular formula is C18H19N5O2S. The SMILES string of the molecule is Cc1nn(-c2ccccc2)c(C)c1C=NNc1ccc(S(N)(=O)=O)cc1. The molecule has 3 N–H and O–H groups in total. The standard InChI is InChI=1S/C18H19N5O2S/c1-13-18(14(2)23(22-13)16-6-4-3-5-7-16)12-20-21-15-8-10-17(11-9-15)26(19,24)25/h3-12,21H,1-2H3,(H2,19,24,25). The molecule has 0 bridgehead atoms. The number of primary sulfonamides is 1. The molecule has 1 heterocycles. The van der Waals surface area contributed by atoms with Crippen LogP contribution in [0.3, 0.4) is 0 Å². The molecule has 3 aromatic rings. The number of anilines is 1. The minimum atomic E-state index is -3.70. The lowest BCUT2D eigenvalue weighted by atomic mass is 10.2. The van der Waals surface area contributed by atoms with Crippen molar-refractivity contribution in [2.45, 2.75) is 18.7 Å². The van der Waals surface area contributed by atoms with E-state index in [2.05, 4.69) is 15.6 Å². The maximum Gasteiger partial charge on any atom is 0.238 e. The predicted molar refractivity (Wildman–Crippen MR) is 102 cm³/mol. The number of nitrogens with one attached hydrogen (secondary N) is 1. The first kappa shape index (κ1) is 17.8. The van der Waals surface area contributed by atoms with Gasteiger partial charge >= 0.3 is 0 Å². The summed E-state index contributed by atoms with van der Waals surface area (Å²) in [6, 6.07) is 15.9. The van der Waals surface area contributed by atoms with Gasteiger partial charge in [-0.25, -0.2) is 18.2 Å². The third kappa shape index (κ3) is 3.81. The number of rotatable bonds is 5. The van der Waals surface area contributed by atoms with Crippen molar-refractivity contribution in [3.63, 3.8) is 0 Å². The van der Waals surface area contributed by atoms with E-state index in [1.165, 1.54) is 12.1 Å². The van der Waals surface area contributed by atoms with Crippen molar-refractivity contribution in [2.24, 2.45) is 10.2 Å². The summed E-state index contributed by atoms with van der Waals surface area (Å²) >= 11 is 0. The van der Waals surface area contributed by atoms with Crippen LogP contribution in [0.1, 0.15) is 17.0 Å². The van der Waals surface area contributed by atoms with Gasteiger partial charge in [-0.2, -0.15) is 10.2 Å². The molecule has 0 radical (unpaired) electrons. The van der Waals surface area contributed by atoms with Crippen molar-refractivity contribution in [3.8, 4) is 5.69 Å². The van der Waals surface area contributed by atoms with E-state index < -0.39 is 10.0 Å². The minimum Gasteiger partial charge on any atom is -0.279 e. The molecule has 134 valence electrons. The van der Waals surface area contributed by atoms with Crippen LogP contribution in [0.15, 0.2) is 64.6 Å². The molecule has 0 aliphatic rings. The van der Waals surface area contributed by atoms with Gasteiger partial charge in [0, 0.05) is 5.56 Å². The molecule has 0 atom stereocenters. The van der Waals surface area contributed by atoms with Gasteiger partial charge in [-0.05, 0) is 50.2 Å². The van der Waals surface area contributed by atoms with Gasteiger partial charge in [0.25, 0.3) is 0 Å². The second kappa shape index (κ2) is 7.11. The summed E-state index contributed by atoms with van der Waals surface area (Å²) in [4.78, 5) is 0.0582. The number of hydrazone groups is 1. The van der Waals surface area contributed by atoms with E-state index in [9.17, 15) is 8.42 Å². The number of hydrogen-bond acceptors (Lipinski definition) is 5. The summed E-state index contributed by atoms with van der Waals surface area (Å²) in [5.41, 5.74) is 7.27. The molecular weight excluding hydrogens is 350 g/mol. The molecule has 26 heavy (non-hydrogen) atoms. The Morgan fingerprint density at radius 3 is 2.35 bits per heavy atom. The predicted octanol–water partition coefficient (Wildman–Crippen LogP) is 2.58. The van der Waals surface area contributed by atoms with Gasteiger partial charge in [-0.15, -0.1) is 0 Å². The number of aryl methyl sites for hydroxylation is 1. The van der Waals surface area contributed by atoms with Crippen molar-refractivity contribution in [2.75, 3.05) is 5.43 Å². The highest BCUT2D eigenvalue weighted by atomic mass is 32.2. The van der Waals surface area contributed by atoms with E-state index in [4.69, 9.17) is 5.14 Å². The zero-order valence-corrected chi connectivity index (χ0v) is 15.2. The van der Waals surface area contributed by atoms with E-state index in [0.29, 0.717) is 5.69 Å². The van der Waals surface area contributed by atoms with Crippen LogP contribution in [0.2, 0.25) is 0 Å². The van der Waals surface area contributed by atoms with Crippen LogP contribution < -0.4 is 10.6 Å². The fourth-order valence-electron chi connectivity index (χ4n) is 2.55. The molecule has 0 fully saturated rings. The second-order valence-corrected chi connectivity index (χ2v) is 7.33. The summed E-state index contributed by atoms with van der Waals surface area (Å²) in [6.45, 7) is 3.91. The van der Waals surface area contributed by atoms with Crippen LogP contribution >= 0.6 is 0 Å². The van der Waals surface area contributed by atoms with Crippen molar-refractivity contribution in [3.05, 3.63) is 71.5 Å². The molecule has 0 saturated carbocycles. The van der Waals surface area contributed by atoms with Crippen LogP contribution in [0, 0.1) is 13.8 Å². The van der Waals surface area contributed by atoms with Gasteiger partial charge in [-0.3, -0.25) is 5.43 Å². The van der Waals surface area contributed by atoms with Crippen molar-refractivity contribution in [1.82, 2.24) is 9.78 Å². The summed E-state index contributed by atoms with van der Waals surface area (Å²) in [5, 5.41) is 13.9. The summed E-state index contributed by atoms with van der Waals surface area (Å²) in [5.74, 6) is 0. The Hall–Kier alpha value is -2.97. The van der Waals surface area contributed by atoms with Gasteiger partial charge in [0.1, 0.15) is 0 Å². The van der Waals surface area contributed by atoms with Crippen LogP contribution in [0.5, 0.6) is 0 Å². The lowest BCUT2D eigenvalue weighted by Crippen LogP contribution is -2.11.